The first-order chi connectivity index (χ1) is 5.76. The summed E-state index contributed by atoms with van der Waals surface area (Å²) in [6.07, 6.45) is 2.37. The molecule has 0 radical (unpaired) electrons. The Labute approximate surface area is 75.9 Å². The normalized spacial score (nSPS) is 13.8. The molecule has 0 aromatic carbocycles. The van der Waals surface area contributed by atoms with Gasteiger partial charge in [0.2, 0.25) is 0 Å². The summed E-state index contributed by atoms with van der Waals surface area (Å²) in [6.45, 7) is 4.69. The number of hydrogen-bond acceptors (Lipinski definition) is 3. The van der Waals surface area contributed by atoms with Crippen molar-refractivity contribution in [1.29, 1.82) is 0 Å². The highest BCUT2D eigenvalue weighted by molar-refractivity contribution is 4.68. The third kappa shape index (κ3) is 4.70. The van der Waals surface area contributed by atoms with Crippen molar-refractivity contribution in [2.45, 2.75) is 25.8 Å². The number of likely N-dealkylation sites (N-methyl/N-ethyl adjacent to an activating group) is 1. The second-order valence-corrected chi connectivity index (χ2v) is 3.15. The predicted octanol–water partition coefficient (Wildman–Crippen LogP) is 0.692. The molecule has 3 nitrogen and oxygen atoms in total. The number of nitrogens with two attached hydrogens (primary N) is 1. The summed E-state index contributed by atoms with van der Waals surface area (Å²) < 4.78 is 5.00. The van der Waals surface area contributed by atoms with E-state index in [-0.39, 0.29) is 0 Å². The molecule has 0 spiro atoms. The van der Waals surface area contributed by atoms with E-state index in [1.54, 1.807) is 7.11 Å². The number of hydrogen-bond donors (Lipinski definition) is 1. The van der Waals surface area contributed by atoms with Crippen LogP contribution in [-0.4, -0.2) is 44.8 Å². The van der Waals surface area contributed by atoms with Crippen molar-refractivity contribution in [3.05, 3.63) is 0 Å². The molecule has 0 heterocycles. The third-order valence-electron chi connectivity index (χ3n) is 2.17. The largest absolute Gasteiger partial charge is 0.383 e. The maximum atomic E-state index is 5.65. The van der Waals surface area contributed by atoms with Crippen LogP contribution >= 0.6 is 0 Å². The average Bonchev–Trinajstić information content (AvgIpc) is 2.10. The second-order valence-electron chi connectivity index (χ2n) is 3.15. The highest BCUT2D eigenvalue weighted by atomic mass is 16.5. The van der Waals surface area contributed by atoms with Crippen LogP contribution in [0, 0.1) is 0 Å². The Morgan fingerprint density at radius 2 is 2.17 bits per heavy atom. The number of nitrogens with zero attached hydrogens (tertiary/aromatic N) is 1. The molecule has 0 aromatic rings. The van der Waals surface area contributed by atoms with Gasteiger partial charge in [-0.25, -0.2) is 0 Å². The summed E-state index contributed by atoms with van der Waals surface area (Å²) in [6, 6.07) is 0.519. The molecule has 2 N–H and O–H groups in total. The number of methoxy groups -OCH3 is 1. The molecule has 74 valence electrons. The standard InChI is InChI=1S/C9H22N2O/c1-4-5-9(8-10)11(2)6-7-12-3/h9H,4-8,10H2,1-3H3. The van der Waals surface area contributed by atoms with Crippen LogP contribution in [0.3, 0.4) is 0 Å². The van der Waals surface area contributed by atoms with Gasteiger partial charge in [-0.1, -0.05) is 13.3 Å². The van der Waals surface area contributed by atoms with E-state index in [9.17, 15) is 0 Å². The third-order valence-corrected chi connectivity index (χ3v) is 2.17. The van der Waals surface area contributed by atoms with Crippen LogP contribution in [-0.2, 0) is 4.74 Å². The molecule has 0 amide bonds. The van der Waals surface area contributed by atoms with E-state index in [4.69, 9.17) is 10.5 Å². The van der Waals surface area contributed by atoms with Gasteiger partial charge in [-0.15, -0.1) is 0 Å². The molecule has 0 aromatic heterocycles. The van der Waals surface area contributed by atoms with Crippen LogP contribution in [0.5, 0.6) is 0 Å². The highest BCUT2D eigenvalue weighted by Crippen LogP contribution is 2.02. The Bertz CT molecular complexity index is 98.5. The molecular weight excluding hydrogens is 152 g/mol. The Hall–Kier alpha value is -0.120. The van der Waals surface area contributed by atoms with Crippen molar-refractivity contribution in [2.75, 3.05) is 33.9 Å². The molecule has 0 saturated heterocycles. The molecule has 3 heteroatoms. The molecule has 0 fully saturated rings. The van der Waals surface area contributed by atoms with Gasteiger partial charge in [0.1, 0.15) is 0 Å². The van der Waals surface area contributed by atoms with E-state index in [2.05, 4.69) is 18.9 Å². The summed E-state index contributed by atoms with van der Waals surface area (Å²) in [4.78, 5) is 2.27. The summed E-state index contributed by atoms with van der Waals surface area (Å²) in [7, 11) is 3.83. The summed E-state index contributed by atoms with van der Waals surface area (Å²) in [5, 5.41) is 0. The SMILES string of the molecule is CCCC(CN)N(C)CCOC. The minimum atomic E-state index is 0.519. The van der Waals surface area contributed by atoms with Crippen molar-refractivity contribution >= 4 is 0 Å². The lowest BCUT2D eigenvalue weighted by Crippen LogP contribution is -2.39. The van der Waals surface area contributed by atoms with Crippen LogP contribution < -0.4 is 5.73 Å². The lowest BCUT2D eigenvalue weighted by atomic mass is 10.1. The molecule has 12 heavy (non-hydrogen) atoms. The molecule has 0 aliphatic heterocycles. The number of rotatable bonds is 7. The second kappa shape index (κ2) is 7.53. The molecule has 1 atom stereocenters. The zero-order valence-electron chi connectivity index (χ0n) is 8.55. The lowest BCUT2D eigenvalue weighted by molar-refractivity contribution is 0.137. The Morgan fingerprint density at radius 3 is 2.58 bits per heavy atom. The van der Waals surface area contributed by atoms with Crippen molar-refractivity contribution in [2.24, 2.45) is 5.73 Å². The summed E-state index contributed by atoms with van der Waals surface area (Å²) >= 11 is 0. The van der Waals surface area contributed by atoms with Gasteiger partial charge in [-0.05, 0) is 13.5 Å². The Balaban J connectivity index is 3.60. The van der Waals surface area contributed by atoms with E-state index in [1.165, 1.54) is 12.8 Å². The van der Waals surface area contributed by atoms with Gasteiger partial charge in [0.15, 0.2) is 0 Å². The molecule has 0 aliphatic rings. The van der Waals surface area contributed by atoms with Gasteiger partial charge < -0.3 is 10.5 Å². The number of ether oxygens (including phenoxy) is 1. The van der Waals surface area contributed by atoms with Crippen LogP contribution in [0.1, 0.15) is 19.8 Å². The first-order valence-electron chi connectivity index (χ1n) is 4.65. The van der Waals surface area contributed by atoms with Crippen molar-refractivity contribution in [1.82, 2.24) is 4.90 Å². The topological polar surface area (TPSA) is 38.5 Å². The van der Waals surface area contributed by atoms with E-state index in [0.29, 0.717) is 6.04 Å². The van der Waals surface area contributed by atoms with Gasteiger partial charge >= 0.3 is 0 Å². The fraction of sp³-hybridized carbons (Fsp3) is 1.00. The Kier molecular flexibility index (Phi) is 7.45. The summed E-state index contributed by atoms with van der Waals surface area (Å²) in [5.41, 5.74) is 5.65. The molecular formula is C9H22N2O. The average molecular weight is 174 g/mol. The van der Waals surface area contributed by atoms with E-state index < -0.39 is 0 Å². The molecule has 0 saturated carbocycles. The molecule has 0 bridgehead atoms. The fourth-order valence-corrected chi connectivity index (χ4v) is 1.27. The fourth-order valence-electron chi connectivity index (χ4n) is 1.27. The maximum Gasteiger partial charge on any atom is 0.0589 e. The van der Waals surface area contributed by atoms with Crippen LogP contribution in [0.2, 0.25) is 0 Å². The molecule has 1 unspecified atom stereocenters. The van der Waals surface area contributed by atoms with Crippen molar-refractivity contribution in [3.63, 3.8) is 0 Å². The molecule has 0 rings (SSSR count). The Morgan fingerprint density at radius 1 is 1.50 bits per heavy atom. The van der Waals surface area contributed by atoms with E-state index in [0.717, 1.165) is 19.7 Å². The minimum Gasteiger partial charge on any atom is -0.383 e. The quantitative estimate of drug-likeness (QED) is 0.617. The van der Waals surface area contributed by atoms with Gasteiger partial charge in [0.05, 0.1) is 6.61 Å². The molecule has 0 aliphatic carbocycles. The van der Waals surface area contributed by atoms with Gasteiger partial charge in [-0.2, -0.15) is 0 Å². The van der Waals surface area contributed by atoms with E-state index in [1.807, 2.05) is 0 Å². The van der Waals surface area contributed by atoms with E-state index >= 15 is 0 Å². The van der Waals surface area contributed by atoms with Crippen LogP contribution in [0.15, 0.2) is 0 Å². The first-order valence-corrected chi connectivity index (χ1v) is 4.65. The smallest absolute Gasteiger partial charge is 0.0589 e. The first kappa shape index (κ1) is 11.9. The summed E-state index contributed by atoms with van der Waals surface area (Å²) in [5.74, 6) is 0. The zero-order valence-corrected chi connectivity index (χ0v) is 8.55. The van der Waals surface area contributed by atoms with Gasteiger partial charge in [0, 0.05) is 26.2 Å². The zero-order chi connectivity index (χ0) is 9.40. The highest BCUT2D eigenvalue weighted by Gasteiger charge is 2.10. The predicted molar refractivity (Wildman–Crippen MR) is 52.3 cm³/mol. The van der Waals surface area contributed by atoms with Crippen molar-refractivity contribution in [3.8, 4) is 0 Å². The van der Waals surface area contributed by atoms with Crippen LogP contribution in [0.4, 0.5) is 0 Å². The monoisotopic (exact) mass is 174 g/mol. The van der Waals surface area contributed by atoms with Gasteiger partial charge in [0.25, 0.3) is 0 Å². The minimum absolute atomic E-state index is 0.519. The van der Waals surface area contributed by atoms with Gasteiger partial charge in [-0.3, -0.25) is 4.90 Å². The maximum absolute atomic E-state index is 5.65. The lowest BCUT2D eigenvalue weighted by Gasteiger charge is -2.26. The van der Waals surface area contributed by atoms with Crippen LogP contribution in [0.25, 0.3) is 0 Å². The van der Waals surface area contributed by atoms with Crippen molar-refractivity contribution < 1.29 is 4.74 Å².